The molecule has 4 nitrogen and oxygen atoms in total. The molecule has 1 N–H and O–H groups in total. The summed E-state index contributed by atoms with van der Waals surface area (Å²) in [5, 5.41) is 5.83. The van der Waals surface area contributed by atoms with Crippen molar-refractivity contribution in [3.8, 4) is 5.75 Å². The zero-order valence-electron chi connectivity index (χ0n) is 11.7. The van der Waals surface area contributed by atoms with Crippen LogP contribution in [0.25, 0.3) is 0 Å². The fraction of sp³-hybridized carbons (Fsp3) is 0.200. The average Bonchev–Trinajstić information content (AvgIpc) is 2.90. The van der Waals surface area contributed by atoms with Crippen molar-refractivity contribution in [3.05, 3.63) is 50.1 Å². The number of nitrogens with zero attached hydrogens (tertiary/aromatic N) is 1. The quantitative estimate of drug-likeness (QED) is 0.648. The fourth-order valence-electron chi connectivity index (χ4n) is 1.79. The normalized spacial score (nSPS) is 10.8. The maximum Gasteiger partial charge on any atom is 0.277 e. The number of aryl methyl sites for hydroxylation is 2. The summed E-state index contributed by atoms with van der Waals surface area (Å²) in [5.41, 5.74) is 4.56. The third-order valence-corrected chi connectivity index (χ3v) is 4.04. The van der Waals surface area contributed by atoms with Crippen LogP contribution in [0.3, 0.4) is 0 Å². The summed E-state index contributed by atoms with van der Waals surface area (Å²) in [6.07, 6.45) is 1.61. The Morgan fingerprint density at radius 1 is 1.48 bits per heavy atom. The lowest BCUT2D eigenvalue weighted by Crippen LogP contribution is -2.24. The van der Waals surface area contributed by atoms with Crippen LogP contribution in [-0.4, -0.2) is 18.7 Å². The van der Waals surface area contributed by atoms with Crippen molar-refractivity contribution in [2.45, 2.75) is 13.8 Å². The number of carbonyl (C=O) groups is 1. The molecular formula is C15H15BrN2O2S. The predicted octanol–water partition coefficient (Wildman–Crippen LogP) is 3.66. The molecule has 0 saturated carbocycles. The SMILES string of the molecule is Cc1cc(C)c(OCC(=O)N/N=C\c2cccs2)c(Br)c1. The van der Waals surface area contributed by atoms with Gasteiger partial charge in [-0.1, -0.05) is 12.1 Å². The molecule has 0 aliphatic heterocycles. The van der Waals surface area contributed by atoms with E-state index in [1.54, 1.807) is 17.6 Å². The first-order valence-corrected chi connectivity index (χ1v) is 7.98. The molecule has 1 aromatic carbocycles. The van der Waals surface area contributed by atoms with Crippen molar-refractivity contribution in [1.82, 2.24) is 5.43 Å². The van der Waals surface area contributed by atoms with Gasteiger partial charge < -0.3 is 4.74 Å². The first-order chi connectivity index (χ1) is 10.1. The summed E-state index contributed by atoms with van der Waals surface area (Å²) in [7, 11) is 0. The number of rotatable bonds is 5. The second kappa shape index (κ2) is 7.38. The van der Waals surface area contributed by atoms with Gasteiger partial charge in [-0.15, -0.1) is 11.3 Å². The molecule has 6 heteroatoms. The highest BCUT2D eigenvalue weighted by atomic mass is 79.9. The van der Waals surface area contributed by atoms with Gasteiger partial charge in [0.15, 0.2) is 6.61 Å². The van der Waals surface area contributed by atoms with Crippen molar-refractivity contribution in [2.24, 2.45) is 5.10 Å². The monoisotopic (exact) mass is 366 g/mol. The summed E-state index contributed by atoms with van der Waals surface area (Å²) < 4.78 is 6.38. The van der Waals surface area contributed by atoms with E-state index in [0.717, 1.165) is 20.5 Å². The number of hydrazone groups is 1. The van der Waals surface area contributed by atoms with E-state index >= 15 is 0 Å². The molecule has 1 amide bonds. The molecule has 0 fully saturated rings. The number of ether oxygens (including phenoxy) is 1. The number of hydrogen-bond donors (Lipinski definition) is 1. The van der Waals surface area contributed by atoms with Gasteiger partial charge in [-0.2, -0.15) is 5.10 Å². The number of thiophene rings is 1. The molecule has 0 aliphatic rings. The first kappa shape index (κ1) is 15.7. The van der Waals surface area contributed by atoms with Gasteiger partial charge in [0.2, 0.25) is 0 Å². The minimum Gasteiger partial charge on any atom is -0.482 e. The van der Waals surface area contributed by atoms with Gasteiger partial charge in [0.05, 0.1) is 10.7 Å². The largest absolute Gasteiger partial charge is 0.482 e. The summed E-state index contributed by atoms with van der Waals surface area (Å²) in [6.45, 7) is 3.87. The van der Waals surface area contributed by atoms with E-state index in [4.69, 9.17) is 4.74 Å². The van der Waals surface area contributed by atoms with E-state index in [0.29, 0.717) is 5.75 Å². The molecule has 2 rings (SSSR count). The second-order valence-electron chi connectivity index (χ2n) is 4.49. The van der Waals surface area contributed by atoms with E-state index in [9.17, 15) is 4.79 Å². The molecule has 0 atom stereocenters. The van der Waals surface area contributed by atoms with Crippen LogP contribution in [0.1, 0.15) is 16.0 Å². The topological polar surface area (TPSA) is 50.7 Å². The second-order valence-corrected chi connectivity index (χ2v) is 6.32. The van der Waals surface area contributed by atoms with E-state index in [2.05, 4.69) is 26.5 Å². The molecule has 2 aromatic rings. The Balaban J connectivity index is 1.87. The van der Waals surface area contributed by atoms with E-state index < -0.39 is 0 Å². The Hall–Kier alpha value is -1.66. The maximum absolute atomic E-state index is 11.7. The highest BCUT2D eigenvalue weighted by Crippen LogP contribution is 2.29. The van der Waals surface area contributed by atoms with Crippen molar-refractivity contribution in [3.63, 3.8) is 0 Å². The first-order valence-electron chi connectivity index (χ1n) is 6.31. The summed E-state index contributed by atoms with van der Waals surface area (Å²) in [5.74, 6) is 0.382. The van der Waals surface area contributed by atoms with E-state index in [1.807, 2.05) is 43.5 Å². The lowest BCUT2D eigenvalue weighted by atomic mass is 10.1. The minimum atomic E-state index is -0.297. The Bertz CT molecular complexity index is 631. The predicted molar refractivity (Wildman–Crippen MR) is 89.2 cm³/mol. The van der Waals surface area contributed by atoms with Crippen LogP contribution < -0.4 is 10.2 Å². The van der Waals surface area contributed by atoms with E-state index in [1.165, 1.54) is 0 Å². The molecule has 0 radical (unpaired) electrons. The van der Waals surface area contributed by atoms with Gasteiger partial charge in [0.25, 0.3) is 5.91 Å². The highest BCUT2D eigenvalue weighted by molar-refractivity contribution is 9.10. The molecule has 110 valence electrons. The number of halogens is 1. The Kier molecular flexibility index (Phi) is 5.52. The van der Waals surface area contributed by atoms with Crippen LogP contribution in [0.4, 0.5) is 0 Å². The van der Waals surface area contributed by atoms with Crippen molar-refractivity contribution < 1.29 is 9.53 Å². The molecule has 0 bridgehead atoms. The van der Waals surface area contributed by atoms with Gasteiger partial charge in [-0.05, 0) is 58.4 Å². The van der Waals surface area contributed by atoms with Crippen molar-refractivity contribution >= 4 is 39.4 Å². The number of benzene rings is 1. The van der Waals surface area contributed by atoms with Gasteiger partial charge >= 0.3 is 0 Å². The van der Waals surface area contributed by atoms with Gasteiger partial charge in [-0.25, -0.2) is 5.43 Å². The number of nitrogens with one attached hydrogen (secondary N) is 1. The Morgan fingerprint density at radius 2 is 2.29 bits per heavy atom. The van der Waals surface area contributed by atoms with Crippen molar-refractivity contribution in [2.75, 3.05) is 6.61 Å². The van der Waals surface area contributed by atoms with Crippen LogP contribution in [0.15, 0.2) is 39.2 Å². The van der Waals surface area contributed by atoms with Crippen LogP contribution in [0.5, 0.6) is 5.75 Å². The van der Waals surface area contributed by atoms with Crippen molar-refractivity contribution in [1.29, 1.82) is 0 Å². The zero-order chi connectivity index (χ0) is 15.2. The number of amides is 1. The van der Waals surface area contributed by atoms with Crippen LogP contribution in [-0.2, 0) is 4.79 Å². The maximum atomic E-state index is 11.7. The summed E-state index contributed by atoms with van der Waals surface area (Å²) >= 11 is 4.99. The third kappa shape index (κ3) is 4.68. The third-order valence-electron chi connectivity index (χ3n) is 2.65. The minimum absolute atomic E-state index is 0.0791. The van der Waals surface area contributed by atoms with Crippen LogP contribution in [0, 0.1) is 13.8 Å². The van der Waals surface area contributed by atoms with E-state index in [-0.39, 0.29) is 12.5 Å². The molecule has 21 heavy (non-hydrogen) atoms. The molecule has 0 unspecified atom stereocenters. The number of carbonyl (C=O) groups excluding carboxylic acids is 1. The summed E-state index contributed by atoms with van der Waals surface area (Å²) in [6, 6.07) is 7.81. The average molecular weight is 367 g/mol. The molecular weight excluding hydrogens is 352 g/mol. The Morgan fingerprint density at radius 3 is 2.95 bits per heavy atom. The fourth-order valence-corrected chi connectivity index (χ4v) is 3.16. The summed E-state index contributed by atoms with van der Waals surface area (Å²) in [4.78, 5) is 12.7. The van der Waals surface area contributed by atoms with Gasteiger partial charge in [-0.3, -0.25) is 4.79 Å². The molecule has 0 spiro atoms. The van der Waals surface area contributed by atoms with Crippen LogP contribution >= 0.6 is 27.3 Å². The molecule has 0 saturated heterocycles. The lowest BCUT2D eigenvalue weighted by Gasteiger charge is -2.11. The molecule has 0 aliphatic carbocycles. The van der Waals surface area contributed by atoms with Gasteiger partial charge in [0.1, 0.15) is 5.75 Å². The lowest BCUT2D eigenvalue weighted by molar-refractivity contribution is -0.123. The zero-order valence-corrected chi connectivity index (χ0v) is 14.1. The smallest absolute Gasteiger partial charge is 0.277 e. The standard InChI is InChI=1S/C15H15BrN2O2S/c1-10-6-11(2)15(13(16)7-10)20-9-14(19)18-17-8-12-4-3-5-21-12/h3-8H,9H2,1-2H3,(H,18,19)/b17-8-. The van der Waals surface area contributed by atoms with Crippen LogP contribution in [0.2, 0.25) is 0 Å². The molecule has 1 aromatic heterocycles. The van der Waals surface area contributed by atoms with Gasteiger partial charge in [0, 0.05) is 4.88 Å². The Labute approximate surface area is 136 Å². The molecule has 1 heterocycles. The highest BCUT2D eigenvalue weighted by Gasteiger charge is 2.08. The number of hydrogen-bond acceptors (Lipinski definition) is 4.